The van der Waals surface area contributed by atoms with Gasteiger partial charge in [0.15, 0.2) is 5.76 Å². The number of alkyl halides is 1. The Morgan fingerprint density at radius 1 is 1.20 bits per heavy atom. The standard InChI is InChI=1S/C24H25IN2O3/c25-11-4-8-19-14-18(15-20-9-5-12-26-22(19)20)16-21-23(28)27(24(29)30-21)13-10-17-6-2-1-3-7-17/h1-3,6-7,14-16,28H,4-5,8-13H2. The third-order valence-corrected chi connectivity index (χ3v) is 6.17. The summed E-state index contributed by atoms with van der Waals surface area (Å²) in [4.78, 5) is 17.1. The molecule has 3 aromatic rings. The molecule has 0 aliphatic carbocycles. The number of fused-ring (bicyclic) bond motifs is 1. The van der Waals surface area contributed by atoms with Gasteiger partial charge in [0.2, 0.25) is 5.88 Å². The van der Waals surface area contributed by atoms with Gasteiger partial charge in [0.05, 0.1) is 5.36 Å². The van der Waals surface area contributed by atoms with Gasteiger partial charge in [-0.25, -0.2) is 9.36 Å². The summed E-state index contributed by atoms with van der Waals surface area (Å²) in [5.74, 6) is -0.444. The molecule has 1 aliphatic rings. The first-order valence-electron chi connectivity index (χ1n) is 10.4. The van der Waals surface area contributed by atoms with Crippen molar-refractivity contribution in [2.45, 2.75) is 38.6 Å². The van der Waals surface area contributed by atoms with Crippen LogP contribution < -0.4 is 16.3 Å². The quantitative estimate of drug-likeness (QED) is 0.388. The molecule has 30 heavy (non-hydrogen) atoms. The molecule has 0 radical (unpaired) electrons. The van der Waals surface area contributed by atoms with Crippen LogP contribution in [-0.2, 0) is 25.8 Å². The van der Waals surface area contributed by atoms with Gasteiger partial charge in [0, 0.05) is 13.1 Å². The zero-order valence-corrected chi connectivity index (χ0v) is 19.0. The zero-order valence-electron chi connectivity index (χ0n) is 16.8. The third kappa shape index (κ3) is 4.69. The number of nitrogens with zero attached hydrogens (tertiary/aromatic N) is 2. The predicted molar refractivity (Wildman–Crippen MR) is 126 cm³/mol. The average Bonchev–Trinajstić information content (AvgIpc) is 3.03. The maximum atomic E-state index is 12.3. The van der Waals surface area contributed by atoms with Crippen molar-refractivity contribution in [2.75, 3.05) is 11.0 Å². The Hall–Kier alpha value is -2.35. The second kappa shape index (κ2) is 9.64. The van der Waals surface area contributed by atoms with Gasteiger partial charge in [0.1, 0.15) is 0 Å². The first-order valence-corrected chi connectivity index (χ1v) is 11.9. The van der Waals surface area contributed by atoms with Crippen LogP contribution in [0.2, 0.25) is 0 Å². The van der Waals surface area contributed by atoms with E-state index in [4.69, 9.17) is 9.41 Å². The lowest BCUT2D eigenvalue weighted by molar-refractivity contribution is 0.412. The van der Waals surface area contributed by atoms with E-state index >= 15 is 0 Å². The predicted octanol–water partition coefficient (Wildman–Crippen LogP) is 3.15. The number of hydrogen-bond donors (Lipinski definition) is 1. The van der Waals surface area contributed by atoms with Gasteiger partial charge in [-0.15, -0.1) is 0 Å². The molecule has 5 nitrogen and oxygen atoms in total. The molecule has 156 valence electrons. The molecule has 0 saturated heterocycles. The highest BCUT2D eigenvalue weighted by atomic mass is 127. The molecule has 0 atom stereocenters. The van der Waals surface area contributed by atoms with Gasteiger partial charge in [-0.05, 0) is 76.6 Å². The van der Waals surface area contributed by atoms with Crippen LogP contribution >= 0.6 is 22.6 Å². The van der Waals surface area contributed by atoms with E-state index in [2.05, 4.69) is 34.7 Å². The molecule has 6 heteroatoms. The van der Waals surface area contributed by atoms with Crippen molar-refractivity contribution in [1.82, 2.24) is 4.57 Å². The van der Waals surface area contributed by atoms with Crippen LogP contribution in [0, 0.1) is 0 Å². The topological polar surface area (TPSA) is 67.7 Å². The molecule has 1 N–H and O–H groups in total. The van der Waals surface area contributed by atoms with Crippen molar-refractivity contribution in [1.29, 1.82) is 0 Å². The molecule has 0 fully saturated rings. The fourth-order valence-electron chi connectivity index (χ4n) is 3.91. The number of aryl methyl sites for hydroxylation is 3. The maximum absolute atomic E-state index is 12.3. The largest absolute Gasteiger partial charge is 0.492 e. The summed E-state index contributed by atoms with van der Waals surface area (Å²) in [5, 5.41) is 12.7. The van der Waals surface area contributed by atoms with Gasteiger partial charge in [0.25, 0.3) is 0 Å². The molecule has 1 aliphatic heterocycles. The molecule has 0 unspecified atom stereocenters. The molecular weight excluding hydrogens is 491 g/mol. The minimum Gasteiger partial charge on any atom is -0.492 e. The SMILES string of the molecule is O=c1oc(C=c2cc(CCCI)c3c(c2)CCCN=3)c(O)n1CCc1ccccc1. The van der Waals surface area contributed by atoms with Gasteiger partial charge in [-0.1, -0.05) is 52.9 Å². The molecular formula is C24H25IN2O3. The molecule has 0 saturated carbocycles. The third-order valence-electron chi connectivity index (χ3n) is 5.40. The number of rotatable bonds is 7. The zero-order chi connectivity index (χ0) is 20.9. The second-order valence-corrected chi connectivity index (χ2v) is 8.63. The summed E-state index contributed by atoms with van der Waals surface area (Å²) in [7, 11) is 0. The molecule has 4 rings (SSSR count). The summed E-state index contributed by atoms with van der Waals surface area (Å²) in [5.41, 5.74) is 3.58. The first kappa shape index (κ1) is 20.9. The van der Waals surface area contributed by atoms with E-state index < -0.39 is 5.76 Å². The molecule has 1 aromatic heterocycles. The number of aromatic nitrogens is 1. The van der Waals surface area contributed by atoms with E-state index in [0.717, 1.165) is 52.8 Å². The summed E-state index contributed by atoms with van der Waals surface area (Å²) in [6.45, 7) is 1.25. The van der Waals surface area contributed by atoms with Crippen LogP contribution in [0.25, 0.3) is 6.08 Å². The number of benzene rings is 2. The number of oxazole rings is 1. The van der Waals surface area contributed by atoms with Crippen molar-refractivity contribution in [3.63, 3.8) is 0 Å². The monoisotopic (exact) mass is 516 g/mol. The molecule has 0 bridgehead atoms. The van der Waals surface area contributed by atoms with Crippen LogP contribution in [-0.4, -0.2) is 20.6 Å². The maximum Gasteiger partial charge on any atom is 0.422 e. The number of aromatic hydroxyl groups is 1. The minimum atomic E-state index is -0.534. The first-order chi connectivity index (χ1) is 14.7. The lowest BCUT2D eigenvalue weighted by atomic mass is 9.98. The van der Waals surface area contributed by atoms with Crippen LogP contribution in [0.15, 0.2) is 56.7 Å². The van der Waals surface area contributed by atoms with Crippen molar-refractivity contribution in [3.05, 3.63) is 86.0 Å². The summed E-state index contributed by atoms with van der Waals surface area (Å²) in [6.07, 6.45) is 6.54. The Balaban J connectivity index is 1.67. The normalized spacial score (nSPS) is 13.8. The summed E-state index contributed by atoms with van der Waals surface area (Å²) in [6, 6.07) is 14.1. The van der Waals surface area contributed by atoms with Crippen LogP contribution in [0.3, 0.4) is 0 Å². The molecule has 2 aromatic carbocycles. The van der Waals surface area contributed by atoms with Crippen LogP contribution in [0.4, 0.5) is 0 Å². The number of halogens is 1. The Morgan fingerprint density at radius 3 is 2.83 bits per heavy atom. The lowest BCUT2D eigenvalue weighted by Gasteiger charge is -2.12. The molecule has 0 amide bonds. The van der Waals surface area contributed by atoms with Gasteiger partial charge < -0.3 is 9.52 Å². The van der Waals surface area contributed by atoms with Crippen molar-refractivity contribution < 1.29 is 9.52 Å². The summed E-state index contributed by atoms with van der Waals surface area (Å²) < 4.78 is 7.77. The van der Waals surface area contributed by atoms with Gasteiger partial charge in [-0.3, -0.25) is 4.99 Å². The van der Waals surface area contributed by atoms with E-state index in [-0.39, 0.29) is 11.6 Å². The van der Waals surface area contributed by atoms with Gasteiger partial charge in [-0.2, -0.15) is 0 Å². The lowest BCUT2D eigenvalue weighted by Crippen LogP contribution is -2.25. The smallest absolute Gasteiger partial charge is 0.422 e. The number of hydrogen-bond acceptors (Lipinski definition) is 4. The second-order valence-electron chi connectivity index (χ2n) is 7.55. The van der Waals surface area contributed by atoms with E-state index in [1.54, 1.807) is 6.08 Å². The minimum absolute atomic E-state index is 0.118. The van der Waals surface area contributed by atoms with Crippen LogP contribution in [0.1, 0.15) is 35.3 Å². The van der Waals surface area contributed by atoms with Gasteiger partial charge >= 0.3 is 5.76 Å². The van der Waals surface area contributed by atoms with Crippen molar-refractivity contribution in [2.24, 2.45) is 4.99 Å². The highest BCUT2D eigenvalue weighted by molar-refractivity contribution is 14.1. The highest BCUT2D eigenvalue weighted by Crippen LogP contribution is 2.17. The van der Waals surface area contributed by atoms with Crippen LogP contribution in [0.5, 0.6) is 5.88 Å². The average molecular weight is 516 g/mol. The molecule has 0 spiro atoms. The Kier molecular flexibility index (Phi) is 6.72. The van der Waals surface area contributed by atoms with E-state index in [9.17, 15) is 9.90 Å². The van der Waals surface area contributed by atoms with Crippen molar-refractivity contribution in [3.8, 4) is 5.88 Å². The van der Waals surface area contributed by atoms with E-state index in [0.29, 0.717) is 13.0 Å². The molecule has 2 heterocycles. The highest BCUT2D eigenvalue weighted by Gasteiger charge is 2.15. The van der Waals surface area contributed by atoms with E-state index in [1.807, 2.05) is 30.3 Å². The Morgan fingerprint density at radius 2 is 2.03 bits per heavy atom. The Labute approximate surface area is 188 Å². The Bertz CT molecular complexity index is 1200. The van der Waals surface area contributed by atoms with E-state index in [1.165, 1.54) is 15.7 Å². The fraction of sp³-hybridized carbons (Fsp3) is 0.333. The fourth-order valence-corrected chi connectivity index (χ4v) is 4.30. The van der Waals surface area contributed by atoms with Crippen molar-refractivity contribution >= 4 is 28.7 Å². The summed E-state index contributed by atoms with van der Waals surface area (Å²) >= 11 is 2.40.